The third-order valence-corrected chi connectivity index (χ3v) is 2.86. The molecule has 2 aromatic rings. The van der Waals surface area contributed by atoms with E-state index in [0.29, 0.717) is 17.2 Å². The lowest BCUT2D eigenvalue weighted by Crippen LogP contribution is -2.14. The number of hydrogen-bond acceptors (Lipinski definition) is 5. The minimum Gasteiger partial charge on any atom is -0.283 e. The molecule has 2 aromatic heterocycles. The molecule has 2 N–H and O–H groups in total. The van der Waals surface area contributed by atoms with Crippen molar-refractivity contribution in [3.8, 4) is 6.07 Å². The summed E-state index contributed by atoms with van der Waals surface area (Å²) >= 11 is 0. The molecule has 0 spiro atoms. The molecule has 0 fully saturated rings. The molecule has 0 aliphatic rings. The zero-order valence-electron chi connectivity index (χ0n) is 12.1. The number of rotatable bonds is 3. The molecule has 0 unspecified atom stereocenters. The maximum Gasteiger partial charge on any atom is 0.163 e. The van der Waals surface area contributed by atoms with Crippen molar-refractivity contribution in [3.05, 3.63) is 46.3 Å². The summed E-state index contributed by atoms with van der Waals surface area (Å²) in [6, 6.07) is 7.98. The topological polar surface area (TPSA) is 73.6 Å². The van der Waals surface area contributed by atoms with E-state index in [1.165, 1.54) is 0 Å². The molecule has 0 amide bonds. The van der Waals surface area contributed by atoms with Crippen molar-refractivity contribution < 1.29 is 0 Å². The molecule has 0 radical (unpaired) electrons. The maximum atomic E-state index is 9.20. The lowest BCUT2D eigenvalue weighted by atomic mass is 10.1. The van der Waals surface area contributed by atoms with Crippen molar-refractivity contribution in [2.75, 3.05) is 10.9 Å². The Morgan fingerprint density at radius 1 is 0.950 bits per heavy atom. The third-order valence-electron chi connectivity index (χ3n) is 2.86. The second kappa shape index (κ2) is 5.57. The molecule has 102 valence electrons. The minimum atomic E-state index is 0.519. The van der Waals surface area contributed by atoms with E-state index in [2.05, 4.69) is 26.9 Å². The molecule has 0 atom stereocenters. The van der Waals surface area contributed by atoms with Gasteiger partial charge in [-0.15, -0.1) is 0 Å². The first kappa shape index (κ1) is 13.8. The van der Waals surface area contributed by atoms with Crippen LogP contribution in [0.25, 0.3) is 0 Å². The van der Waals surface area contributed by atoms with E-state index in [1.54, 1.807) is 0 Å². The van der Waals surface area contributed by atoms with Gasteiger partial charge in [0.1, 0.15) is 11.9 Å². The molecular weight excluding hydrogens is 250 g/mol. The maximum absolute atomic E-state index is 9.20. The average molecular weight is 267 g/mol. The van der Waals surface area contributed by atoms with Gasteiger partial charge in [0.05, 0.1) is 5.56 Å². The summed E-state index contributed by atoms with van der Waals surface area (Å²) in [5.74, 6) is 1.22. The lowest BCUT2D eigenvalue weighted by Gasteiger charge is -2.12. The number of anilines is 2. The molecular formula is C15H17N5. The highest BCUT2D eigenvalue weighted by molar-refractivity contribution is 5.58. The van der Waals surface area contributed by atoms with E-state index in [9.17, 15) is 5.26 Å². The second-order valence-corrected chi connectivity index (χ2v) is 4.84. The number of hydrazine groups is 1. The van der Waals surface area contributed by atoms with Crippen molar-refractivity contribution in [1.29, 1.82) is 5.26 Å². The summed E-state index contributed by atoms with van der Waals surface area (Å²) in [4.78, 5) is 8.71. The van der Waals surface area contributed by atoms with Crippen LogP contribution < -0.4 is 10.9 Å². The number of aromatic nitrogens is 2. The van der Waals surface area contributed by atoms with Crippen molar-refractivity contribution in [1.82, 2.24) is 9.97 Å². The number of nitrogens with zero attached hydrogens (tertiary/aromatic N) is 3. The SMILES string of the molecule is Cc1cc(C)nc(NNc2nc(C)cc(C)c2C#N)c1. The van der Waals surface area contributed by atoms with Gasteiger partial charge in [-0.25, -0.2) is 9.97 Å². The zero-order valence-corrected chi connectivity index (χ0v) is 12.1. The number of aryl methyl sites for hydroxylation is 4. The van der Waals surface area contributed by atoms with Crippen molar-refractivity contribution in [2.24, 2.45) is 0 Å². The zero-order chi connectivity index (χ0) is 14.7. The van der Waals surface area contributed by atoms with Gasteiger partial charge >= 0.3 is 0 Å². The number of hydrogen-bond donors (Lipinski definition) is 2. The van der Waals surface area contributed by atoms with E-state index in [4.69, 9.17) is 0 Å². The van der Waals surface area contributed by atoms with Gasteiger partial charge in [0.25, 0.3) is 0 Å². The summed E-state index contributed by atoms with van der Waals surface area (Å²) in [6.07, 6.45) is 0. The Kier molecular flexibility index (Phi) is 3.85. The molecule has 0 aliphatic carbocycles. The van der Waals surface area contributed by atoms with E-state index in [1.807, 2.05) is 45.9 Å². The van der Waals surface area contributed by atoms with Gasteiger partial charge in [0, 0.05) is 11.4 Å². The standard InChI is InChI=1S/C15H17N5/c1-9-5-11(3)17-14(6-9)19-20-15-13(8-16)10(2)7-12(4)18-15/h5-7H,1-4H3,(H,17,19)(H,18,20). The molecule has 20 heavy (non-hydrogen) atoms. The largest absolute Gasteiger partial charge is 0.283 e. The number of nitrogens with one attached hydrogen (secondary N) is 2. The minimum absolute atomic E-state index is 0.519. The Hall–Kier alpha value is -2.61. The fraction of sp³-hybridized carbons (Fsp3) is 0.267. The Labute approximate surface area is 118 Å². The van der Waals surface area contributed by atoms with Gasteiger partial charge in [-0.05, 0) is 57.0 Å². The summed E-state index contributed by atoms with van der Waals surface area (Å²) in [5, 5.41) is 9.20. The Bertz CT molecular complexity index is 665. The van der Waals surface area contributed by atoms with Gasteiger partial charge in [-0.1, -0.05) is 0 Å². The highest BCUT2D eigenvalue weighted by Crippen LogP contribution is 2.18. The van der Waals surface area contributed by atoms with E-state index < -0.39 is 0 Å². The first-order valence-electron chi connectivity index (χ1n) is 6.35. The molecule has 2 heterocycles. The fourth-order valence-corrected chi connectivity index (χ4v) is 2.10. The predicted molar refractivity (Wildman–Crippen MR) is 79.4 cm³/mol. The Morgan fingerprint density at radius 3 is 2.30 bits per heavy atom. The van der Waals surface area contributed by atoms with Crippen LogP contribution in [-0.4, -0.2) is 9.97 Å². The highest BCUT2D eigenvalue weighted by Gasteiger charge is 2.08. The third kappa shape index (κ3) is 3.04. The van der Waals surface area contributed by atoms with E-state index >= 15 is 0 Å². The van der Waals surface area contributed by atoms with Gasteiger partial charge in [0.2, 0.25) is 0 Å². The highest BCUT2D eigenvalue weighted by atomic mass is 15.4. The first-order valence-corrected chi connectivity index (χ1v) is 6.35. The monoisotopic (exact) mass is 267 g/mol. The summed E-state index contributed by atoms with van der Waals surface area (Å²) < 4.78 is 0. The molecule has 0 saturated heterocycles. The molecule has 5 nitrogen and oxygen atoms in total. The Balaban J connectivity index is 2.25. The summed E-state index contributed by atoms with van der Waals surface area (Å²) in [5.41, 5.74) is 10.3. The van der Waals surface area contributed by atoms with Crippen molar-refractivity contribution >= 4 is 11.6 Å². The van der Waals surface area contributed by atoms with Crippen LogP contribution in [0.4, 0.5) is 11.6 Å². The second-order valence-electron chi connectivity index (χ2n) is 4.84. The molecule has 0 saturated carbocycles. The van der Waals surface area contributed by atoms with Crippen molar-refractivity contribution in [2.45, 2.75) is 27.7 Å². The smallest absolute Gasteiger partial charge is 0.163 e. The van der Waals surface area contributed by atoms with Crippen LogP contribution in [0.3, 0.4) is 0 Å². The van der Waals surface area contributed by atoms with E-state index in [0.717, 1.165) is 22.5 Å². The summed E-state index contributed by atoms with van der Waals surface area (Å²) in [7, 11) is 0. The lowest BCUT2D eigenvalue weighted by molar-refractivity contribution is 1.12. The van der Waals surface area contributed by atoms with Crippen LogP contribution in [0, 0.1) is 39.0 Å². The van der Waals surface area contributed by atoms with Gasteiger partial charge in [-0.2, -0.15) is 5.26 Å². The molecule has 0 aliphatic heterocycles. The summed E-state index contributed by atoms with van der Waals surface area (Å²) in [6.45, 7) is 7.74. The van der Waals surface area contributed by atoms with Gasteiger partial charge in [0.15, 0.2) is 5.82 Å². The van der Waals surface area contributed by atoms with Crippen LogP contribution in [0.2, 0.25) is 0 Å². The first-order chi connectivity index (χ1) is 9.49. The molecule has 0 bridgehead atoms. The molecule has 0 aromatic carbocycles. The quantitative estimate of drug-likeness (QED) is 0.836. The fourth-order valence-electron chi connectivity index (χ4n) is 2.10. The van der Waals surface area contributed by atoms with Crippen LogP contribution >= 0.6 is 0 Å². The van der Waals surface area contributed by atoms with Crippen LogP contribution in [-0.2, 0) is 0 Å². The average Bonchev–Trinajstić information content (AvgIpc) is 2.34. The van der Waals surface area contributed by atoms with Crippen LogP contribution in [0.15, 0.2) is 18.2 Å². The Morgan fingerprint density at radius 2 is 1.65 bits per heavy atom. The van der Waals surface area contributed by atoms with Gasteiger partial charge in [-0.3, -0.25) is 10.9 Å². The predicted octanol–water partition coefficient (Wildman–Crippen LogP) is 3.02. The van der Waals surface area contributed by atoms with Crippen molar-refractivity contribution in [3.63, 3.8) is 0 Å². The molecule has 5 heteroatoms. The normalized spacial score (nSPS) is 9.95. The van der Waals surface area contributed by atoms with Gasteiger partial charge < -0.3 is 0 Å². The van der Waals surface area contributed by atoms with E-state index in [-0.39, 0.29) is 0 Å². The molecule has 2 rings (SSSR count). The number of pyridine rings is 2. The van der Waals surface area contributed by atoms with Crippen LogP contribution in [0.5, 0.6) is 0 Å². The van der Waals surface area contributed by atoms with Crippen LogP contribution in [0.1, 0.15) is 28.1 Å². The number of nitriles is 1.